The van der Waals surface area contributed by atoms with Gasteiger partial charge in [0, 0.05) is 18.4 Å². The number of imidazole rings is 1. The lowest BCUT2D eigenvalue weighted by Gasteiger charge is -2.45. The highest BCUT2D eigenvalue weighted by molar-refractivity contribution is 5.81. The first-order valence-corrected chi connectivity index (χ1v) is 6.17. The molecule has 20 heavy (non-hydrogen) atoms. The summed E-state index contributed by atoms with van der Waals surface area (Å²) in [7, 11) is 0. The van der Waals surface area contributed by atoms with Gasteiger partial charge in [-0.15, -0.1) is 0 Å². The van der Waals surface area contributed by atoms with Crippen LogP contribution in [-0.2, 0) is 0 Å². The van der Waals surface area contributed by atoms with E-state index in [9.17, 15) is 14.6 Å². The van der Waals surface area contributed by atoms with Crippen LogP contribution in [0.2, 0.25) is 0 Å². The summed E-state index contributed by atoms with van der Waals surface area (Å²) in [6, 6.07) is -0.415. The van der Waals surface area contributed by atoms with E-state index in [1.54, 1.807) is 4.57 Å². The molecule has 0 amide bonds. The number of hydrogen-bond acceptors (Lipinski definition) is 6. The van der Waals surface area contributed by atoms with Gasteiger partial charge in [0.1, 0.15) is 11.8 Å². The number of nitrogens with zero attached hydrogens (tertiary/aromatic N) is 4. The number of aromatic nitrogens is 4. The van der Waals surface area contributed by atoms with Crippen LogP contribution in [0.5, 0.6) is 0 Å². The third kappa shape index (κ3) is 1.61. The Morgan fingerprint density at radius 2 is 2.10 bits per heavy atom. The van der Waals surface area contributed by atoms with Crippen molar-refractivity contribution in [3.63, 3.8) is 0 Å². The molecule has 8 heteroatoms. The van der Waals surface area contributed by atoms with Crippen molar-refractivity contribution < 1.29 is 14.6 Å². The second-order valence-electron chi connectivity index (χ2n) is 4.77. The Kier molecular flexibility index (Phi) is 3.11. The molecule has 106 valence electrons. The van der Waals surface area contributed by atoms with Crippen molar-refractivity contribution >= 4 is 17.0 Å². The lowest BCUT2D eigenvalue weighted by Crippen LogP contribution is -2.45. The van der Waals surface area contributed by atoms with Gasteiger partial charge in [-0.1, -0.05) is 0 Å². The highest BCUT2D eigenvalue weighted by Gasteiger charge is 2.47. The van der Waals surface area contributed by atoms with Crippen molar-refractivity contribution in [3.8, 4) is 0 Å². The van der Waals surface area contributed by atoms with E-state index in [2.05, 4.69) is 15.0 Å². The number of rotatable bonds is 3. The normalized spacial score (nSPS) is 27.9. The zero-order valence-electron chi connectivity index (χ0n) is 10.5. The summed E-state index contributed by atoms with van der Waals surface area (Å²) in [5, 5.41) is 18.7. The van der Waals surface area contributed by atoms with Crippen molar-refractivity contribution in [1.29, 1.82) is 0 Å². The van der Waals surface area contributed by atoms with Crippen LogP contribution in [0.25, 0.3) is 11.2 Å². The second-order valence-corrected chi connectivity index (χ2v) is 4.77. The van der Waals surface area contributed by atoms with Crippen LogP contribution < -0.4 is 5.73 Å². The molecule has 0 spiro atoms. The van der Waals surface area contributed by atoms with E-state index in [0.29, 0.717) is 23.1 Å². The number of aliphatic hydroxyl groups is 2. The van der Waals surface area contributed by atoms with Crippen LogP contribution >= 0.6 is 0 Å². The van der Waals surface area contributed by atoms with E-state index in [0.717, 1.165) is 0 Å². The molecular formula is C12H14FN5O2. The Morgan fingerprint density at radius 1 is 1.30 bits per heavy atom. The summed E-state index contributed by atoms with van der Waals surface area (Å²) in [5.74, 6) is -0.416. The minimum Gasteiger partial charge on any atom is -0.396 e. The SMILES string of the molecule is Nc1ncnc2c1ncn2[C@H]1/C(=C/F)[C@@H](CO)[C@@H]1CO. The summed E-state index contributed by atoms with van der Waals surface area (Å²) >= 11 is 0. The van der Waals surface area contributed by atoms with Gasteiger partial charge >= 0.3 is 0 Å². The van der Waals surface area contributed by atoms with Gasteiger partial charge in [-0.05, 0) is 5.57 Å². The Balaban J connectivity index is 2.09. The summed E-state index contributed by atoms with van der Waals surface area (Å²) in [6.07, 6.45) is 3.29. The molecular weight excluding hydrogens is 265 g/mol. The van der Waals surface area contributed by atoms with Gasteiger partial charge in [0.05, 0.1) is 25.3 Å². The molecule has 0 aliphatic heterocycles. The molecule has 0 bridgehead atoms. The molecule has 1 aliphatic rings. The minimum atomic E-state index is -0.415. The van der Waals surface area contributed by atoms with Crippen LogP contribution in [0.1, 0.15) is 6.04 Å². The lowest BCUT2D eigenvalue weighted by atomic mass is 9.66. The van der Waals surface area contributed by atoms with Crippen LogP contribution in [0.15, 0.2) is 24.6 Å². The quantitative estimate of drug-likeness (QED) is 0.731. The number of hydrogen-bond donors (Lipinski definition) is 3. The predicted octanol–water partition coefficient (Wildman–Crippen LogP) is 0.0336. The maximum atomic E-state index is 13.1. The molecule has 1 aliphatic carbocycles. The first-order chi connectivity index (χ1) is 9.72. The van der Waals surface area contributed by atoms with Crippen molar-refractivity contribution in [2.45, 2.75) is 6.04 Å². The van der Waals surface area contributed by atoms with Gasteiger partial charge in [-0.2, -0.15) is 0 Å². The fourth-order valence-electron chi connectivity index (χ4n) is 2.87. The summed E-state index contributed by atoms with van der Waals surface area (Å²) in [4.78, 5) is 12.1. The molecule has 2 aromatic heterocycles. The molecule has 2 heterocycles. The summed E-state index contributed by atoms with van der Waals surface area (Å²) in [5.41, 5.74) is 7.05. The number of aliphatic hydroxyl groups excluding tert-OH is 2. The Morgan fingerprint density at radius 3 is 2.75 bits per heavy atom. The fourth-order valence-corrected chi connectivity index (χ4v) is 2.87. The van der Waals surface area contributed by atoms with Gasteiger partial charge in [0.2, 0.25) is 0 Å². The number of anilines is 1. The van der Waals surface area contributed by atoms with Gasteiger partial charge in [-0.3, -0.25) is 0 Å². The van der Waals surface area contributed by atoms with E-state index < -0.39 is 6.04 Å². The maximum absolute atomic E-state index is 13.1. The Bertz CT molecular complexity index is 671. The zero-order chi connectivity index (χ0) is 14.3. The molecule has 2 aromatic rings. The molecule has 0 aromatic carbocycles. The van der Waals surface area contributed by atoms with Crippen LogP contribution in [-0.4, -0.2) is 42.9 Å². The maximum Gasteiger partial charge on any atom is 0.165 e. The molecule has 3 rings (SSSR count). The average Bonchev–Trinajstić information content (AvgIpc) is 2.84. The lowest BCUT2D eigenvalue weighted by molar-refractivity contribution is 0.0510. The third-order valence-corrected chi connectivity index (χ3v) is 3.91. The van der Waals surface area contributed by atoms with E-state index in [1.807, 2.05) is 0 Å². The van der Waals surface area contributed by atoms with Crippen molar-refractivity contribution in [1.82, 2.24) is 19.5 Å². The van der Waals surface area contributed by atoms with Crippen molar-refractivity contribution in [2.75, 3.05) is 18.9 Å². The van der Waals surface area contributed by atoms with Crippen molar-refractivity contribution in [2.24, 2.45) is 11.8 Å². The highest BCUT2D eigenvalue weighted by atomic mass is 19.1. The summed E-state index contributed by atoms with van der Waals surface area (Å²) in [6.45, 7) is -0.366. The number of nitrogen functional groups attached to an aromatic ring is 1. The zero-order valence-corrected chi connectivity index (χ0v) is 10.5. The molecule has 1 fully saturated rings. The van der Waals surface area contributed by atoms with Gasteiger partial charge in [0.25, 0.3) is 0 Å². The molecule has 0 unspecified atom stereocenters. The first-order valence-electron chi connectivity index (χ1n) is 6.17. The molecule has 1 saturated carbocycles. The number of halogens is 1. The van der Waals surface area contributed by atoms with E-state index in [-0.39, 0.29) is 30.9 Å². The van der Waals surface area contributed by atoms with E-state index >= 15 is 0 Å². The Labute approximate surface area is 113 Å². The smallest absolute Gasteiger partial charge is 0.165 e. The Hall–Kier alpha value is -2.06. The highest BCUT2D eigenvalue weighted by Crippen LogP contribution is 2.49. The molecule has 0 radical (unpaired) electrons. The molecule has 0 saturated heterocycles. The van der Waals surface area contributed by atoms with Crippen molar-refractivity contribution in [3.05, 3.63) is 24.6 Å². The standard InChI is InChI=1S/C12H14FN5O2/c13-1-6-7(2-19)8(3-20)10(6)18-5-17-9-11(14)15-4-16-12(9)18/h1,4-5,7-8,10,19-20H,2-3H2,(H2,14,15,16)/b6-1+/t7-,8+,10+/m1/s1. The number of fused-ring (bicyclic) bond motifs is 1. The van der Waals surface area contributed by atoms with Gasteiger partial charge in [-0.25, -0.2) is 19.3 Å². The molecule has 4 N–H and O–H groups in total. The second kappa shape index (κ2) is 4.80. The third-order valence-electron chi connectivity index (χ3n) is 3.91. The number of nitrogens with two attached hydrogens (primary N) is 1. The minimum absolute atomic E-state index is 0.159. The topological polar surface area (TPSA) is 110 Å². The van der Waals surface area contributed by atoms with Crippen LogP contribution in [0.3, 0.4) is 0 Å². The van der Waals surface area contributed by atoms with Gasteiger partial charge in [0.15, 0.2) is 11.5 Å². The first kappa shape index (κ1) is 12.9. The average molecular weight is 279 g/mol. The van der Waals surface area contributed by atoms with Crippen LogP contribution in [0, 0.1) is 11.8 Å². The molecule has 3 atom stereocenters. The van der Waals surface area contributed by atoms with Crippen LogP contribution in [0.4, 0.5) is 10.2 Å². The fraction of sp³-hybridized carbons (Fsp3) is 0.417. The van der Waals surface area contributed by atoms with E-state index in [1.165, 1.54) is 12.7 Å². The molecule has 7 nitrogen and oxygen atoms in total. The predicted molar refractivity (Wildman–Crippen MR) is 69.1 cm³/mol. The largest absolute Gasteiger partial charge is 0.396 e. The summed E-state index contributed by atoms with van der Waals surface area (Å²) < 4.78 is 14.7. The monoisotopic (exact) mass is 279 g/mol. The van der Waals surface area contributed by atoms with Gasteiger partial charge < -0.3 is 20.5 Å². The van der Waals surface area contributed by atoms with E-state index in [4.69, 9.17) is 5.73 Å².